The Bertz CT molecular complexity index is 883. The molecule has 0 saturated carbocycles. The largest absolute Gasteiger partial charge is 0.433 e. The smallest absolute Gasteiger partial charge is 0.378 e. The zero-order valence-corrected chi connectivity index (χ0v) is 18.3. The lowest BCUT2D eigenvalue weighted by atomic mass is 10.1. The van der Waals surface area contributed by atoms with Gasteiger partial charge in [0, 0.05) is 43.6 Å². The Labute approximate surface area is 183 Å². The molecular weight excluding hydrogens is 429 g/mol. The quantitative estimate of drug-likeness (QED) is 0.464. The zero-order valence-electron chi connectivity index (χ0n) is 17.5. The molecule has 1 saturated heterocycles. The standard InChI is InChI=1S/C21H25F3N4O2S/c1-3-27(4-2)18-13-17(21(22,23)24)25-20(26-18)31-14-15-5-7-16(8-6-15)19(29)28-9-11-30-12-10-28/h5-8,13H,3-4,9-12,14H2,1-2H3. The molecule has 1 aromatic carbocycles. The van der Waals surface area contributed by atoms with E-state index < -0.39 is 11.9 Å². The molecule has 1 amide bonds. The Morgan fingerprint density at radius 3 is 2.35 bits per heavy atom. The van der Waals surface area contributed by atoms with Gasteiger partial charge in [-0.25, -0.2) is 9.97 Å². The summed E-state index contributed by atoms with van der Waals surface area (Å²) in [6.45, 7) is 7.04. The molecule has 0 bridgehead atoms. The number of anilines is 1. The molecule has 0 aliphatic carbocycles. The van der Waals surface area contributed by atoms with E-state index in [0.29, 0.717) is 50.7 Å². The topological polar surface area (TPSA) is 58.6 Å². The number of nitrogens with zero attached hydrogens (tertiary/aromatic N) is 4. The number of halogens is 3. The van der Waals surface area contributed by atoms with Gasteiger partial charge >= 0.3 is 6.18 Å². The average Bonchev–Trinajstić information content (AvgIpc) is 2.78. The van der Waals surface area contributed by atoms with Crippen LogP contribution in [0.25, 0.3) is 0 Å². The molecule has 1 aromatic heterocycles. The highest BCUT2D eigenvalue weighted by Crippen LogP contribution is 2.32. The van der Waals surface area contributed by atoms with Crippen molar-refractivity contribution in [2.45, 2.75) is 30.9 Å². The van der Waals surface area contributed by atoms with Gasteiger partial charge in [-0.1, -0.05) is 23.9 Å². The summed E-state index contributed by atoms with van der Waals surface area (Å²) >= 11 is 1.14. The molecule has 1 aliphatic heterocycles. The fraction of sp³-hybridized carbons (Fsp3) is 0.476. The first-order valence-corrected chi connectivity index (χ1v) is 11.1. The van der Waals surface area contributed by atoms with Crippen LogP contribution in [0.5, 0.6) is 0 Å². The van der Waals surface area contributed by atoms with Crippen LogP contribution in [0.1, 0.15) is 35.5 Å². The van der Waals surface area contributed by atoms with Crippen LogP contribution in [0, 0.1) is 0 Å². The van der Waals surface area contributed by atoms with Crippen LogP contribution in [0.4, 0.5) is 19.0 Å². The second-order valence-corrected chi connectivity index (χ2v) is 7.90. The molecular formula is C21H25F3N4O2S. The first-order chi connectivity index (χ1) is 14.8. The summed E-state index contributed by atoms with van der Waals surface area (Å²) in [5, 5.41) is 0.0743. The summed E-state index contributed by atoms with van der Waals surface area (Å²) in [7, 11) is 0. The van der Waals surface area contributed by atoms with Crippen LogP contribution >= 0.6 is 11.8 Å². The van der Waals surface area contributed by atoms with Crippen molar-refractivity contribution < 1.29 is 22.7 Å². The second-order valence-electron chi connectivity index (χ2n) is 6.95. The highest BCUT2D eigenvalue weighted by atomic mass is 32.2. The van der Waals surface area contributed by atoms with Crippen molar-refractivity contribution in [1.29, 1.82) is 0 Å². The van der Waals surface area contributed by atoms with E-state index in [4.69, 9.17) is 4.74 Å². The van der Waals surface area contributed by atoms with Crippen LogP contribution in [-0.4, -0.2) is 60.2 Å². The molecule has 10 heteroatoms. The summed E-state index contributed by atoms with van der Waals surface area (Å²) < 4.78 is 45.1. The van der Waals surface area contributed by atoms with Crippen molar-refractivity contribution in [2.24, 2.45) is 0 Å². The lowest BCUT2D eigenvalue weighted by molar-refractivity contribution is -0.141. The molecule has 0 atom stereocenters. The van der Waals surface area contributed by atoms with E-state index in [1.54, 1.807) is 34.1 Å². The Kier molecular flexibility index (Phi) is 7.77. The van der Waals surface area contributed by atoms with E-state index in [1.165, 1.54) is 0 Å². The lowest BCUT2D eigenvalue weighted by Crippen LogP contribution is -2.40. The predicted molar refractivity (Wildman–Crippen MR) is 113 cm³/mol. The third-order valence-electron chi connectivity index (χ3n) is 4.94. The number of benzene rings is 1. The van der Waals surface area contributed by atoms with Crippen molar-refractivity contribution in [2.75, 3.05) is 44.3 Å². The van der Waals surface area contributed by atoms with Crippen molar-refractivity contribution in [3.8, 4) is 0 Å². The molecule has 2 aromatic rings. The van der Waals surface area contributed by atoms with Crippen LogP contribution in [-0.2, 0) is 16.7 Å². The predicted octanol–water partition coefficient (Wildman–Crippen LogP) is 4.11. The van der Waals surface area contributed by atoms with Gasteiger partial charge in [0.2, 0.25) is 0 Å². The van der Waals surface area contributed by atoms with Gasteiger partial charge in [-0.2, -0.15) is 13.2 Å². The number of alkyl halides is 3. The minimum Gasteiger partial charge on any atom is -0.378 e. The Hall–Kier alpha value is -2.33. The summed E-state index contributed by atoms with van der Waals surface area (Å²) in [6, 6.07) is 8.08. The number of carbonyl (C=O) groups excluding carboxylic acids is 1. The molecule has 1 aliphatic rings. The Morgan fingerprint density at radius 2 is 1.77 bits per heavy atom. The number of rotatable bonds is 7. The highest BCUT2D eigenvalue weighted by molar-refractivity contribution is 7.98. The van der Waals surface area contributed by atoms with Gasteiger partial charge in [-0.15, -0.1) is 0 Å². The molecule has 168 valence electrons. The van der Waals surface area contributed by atoms with Gasteiger partial charge in [-0.3, -0.25) is 4.79 Å². The lowest BCUT2D eigenvalue weighted by Gasteiger charge is -2.26. The number of hydrogen-bond donors (Lipinski definition) is 0. The van der Waals surface area contributed by atoms with Crippen LogP contribution < -0.4 is 4.90 Å². The fourth-order valence-electron chi connectivity index (χ4n) is 3.17. The summed E-state index contributed by atoms with van der Waals surface area (Å²) in [5.74, 6) is 0.610. The maximum atomic E-state index is 13.3. The molecule has 3 rings (SSSR count). The fourth-order valence-corrected chi connectivity index (χ4v) is 3.98. The maximum Gasteiger partial charge on any atom is 0.433 e. The van der Waals surface area contributed by atoms with Crippen molar-refractivity contribution in [3.05, 3.63) is 47.2 Å². The van der Waals surface area contributed by atoms with E-state index in [1.807, 2.05) is 13.8 Å². The molecule has 0 radical (unpaired) electrons. The van der Waals surface area contributed by atoms with Gasteiger partial charge in [0.15, 0.2) is 10.9 Å². The normalized spacial score (nSPS) is 14.5. The van der Waals surface area contributed by atoms with Crippen LogP contribution in [0.3, 0.4) is 0 Å². The molecule has 0 N–H and O–H groups in total. The first kappa shape index (κ1) is 23.3. The maximum absolute atomic E-state index is 13.3. The van der Waals surface area contributed by atoms with Gasteiger partial charge < -0.3 is 14.5 Å². The number of aromatic nitrogens is 2. The monoisotopic (exact) mass is 454 g/mol. The summed E-state index contributed by atoms with van der Waals surface area (Å²) in [6.07, 6.45) is -4.54. The summed E-state index contributed by atoms with van der Waals surface area (Å²) in [4.78, 5) is 24.0. The van der Waals surface area contributed by atoms with E-state index in [9.17, 15) is 18.0 Å². The van der Waals surface area contributed by atoms with Crippen LogP contribution in [0.2, 0.25) is 0 Å². The molecule has 0 spiro atoms. The molecule has 0 unspecified atom stereocenters. The third kappa shape index (κ3) is 6.10. The zero-order chi connectivity index (χ0) is 22.4. The van der Waals surface area contributed by atoms with Crippen molar-refractivity contribution in [3.63, 3.8) is 0 Å². The van der Waals surface area contributed by atoms with E-state index in [2.05, 4.69) is 9.97 Å². The van der Waals surface area contributed by atoms with E-state index in [-0.39, 0.29) is 16.9 Å². The molecule has 2 heterocycles. The SMILES string of the molecule is CCN(CC)c1cc(C(F)(F)F)nc(SCc2ccc(C(=O)N3CCOCC3)cc2)n1. The third-order valence-corrected chi connectivity index (χ3v) is 5.86. The Balaban J connectivity index is 1.71. The average molecular weight is 455 g/mol. The van der Waals surface area contributed by atoms with Gasteiger partial charge in [0.05, 0.1) is 13.2 Å². The minimum absolute atomic E-state index is 0.0485. The number of carbonyl (C=O) groups is 1. The van der Waals surface area contributed by atoms with E-state index in [0.717, 1.165) is 23.4 Å². The van der Waals surface area contributed by atoms with Gasteiger partial charge in [0.1, 0.15) is 5.82 Å². The number of amides is 1. The number of hydrogen-bond acceptors (Lipinski definition) is 6. The molecule has 31 heavy (non-hydrogen) atoms. The molecule has 1 fully saturated rings. The van der Waals surface area contributed by atoms with Crippen molar-refractivity contribution >= 4 is 23.5 Å². The van der Waals surface area contributed by atoms with Crippen molar-refractivity contribution in [1.82, 2.24) is 14.9 Å². The van der Waals surface area contributed by atoms with Gasteiger partial charge in [0.25, 0.3) is 5.91 Å². The van der Waals surface area contributed by atoms with Gasteiger partial charge in [-0.05, 0) is 31.5 Å². The number of thioether (sulfide) groups is 1. The second kappa shape index (κ2) is 10.3. The first-order valence-electron chi connectivity index (χ1n) is 10.1. The molecule has 6 nitrogen and oxygen atoms in total. The summed E-state index contributed by atoms with van der Waals surface area (Å²) in [5.41, 5.74) is 0.502. The number of ether oxygens (including phenoxy) is 1. The number of morpholine rings is 1. The van der Waals surface area contributed by atoms with Crippen LogP contribution in [0.15, 0.2) is 35.5 Å². The Morgan fingerprint density at radius 1 is 1.13 bits per heavy atom. The highest BCUT2D eigenvalue weighted by Gasteiger charge is 2.34. The van der Waals surface area contributed by atoms with E-state index >= 15 is 0 Å². The minimum atomic E-state index is -4.54.